The summed E-state index contributed by atoms with van der Waals surface area (Å²) in [6, 6.07) is 0.959. The highest BCUT2D eigenvalue weighted by Gasteiger charge is 2.44. The molecule has 1 aromatic rings. The molecule has 4 rings (SSSR count). The lowest BCUT2D eigenvalue weighted by Gasteiger charge is -2.32. The van der Waals surface area contributed by atoms with Crippen molar-refractivity contribution in [3.8, 4) is 0 Å². The number of thioether (sulfide) groups is 1. The second-order valence-corrected chi connectivity index (χ2v) is 8.07. The standard InChI is InChI=1S/C18H23N3OS/c1-9-15(11(3)22)10(2)19-16(9)17-12(4)23-18-20-13-7-5-6-8-14(13)21(17)18/h13-14,19H,5-8H2,1-4H3/t13-,14+/m1/s1. The SMILES string of the molecule is CC(=O)c1c(C)[nH]c(C2=C(C)SC3=N[C@@H]4CCCC[C@@H]4N32)c1C. The molecule has 0 bridgehead atoms. The zero-order chi connectivity index (χ0) is 16.3. The molecule has 0 aromatic carbocycles. The van der Waals surface area contributed by atoms with Crippen molar-refractivity contribution in [2.75, 3.05) is 0 Å². The molecule has 23 heavy (non-hydrogen) atoms. The third kappa shape index (κ3) is 2.12. The predicted molar refractivity (Wildman–Crippen MR) is 95.8 cm³/mol. The number of rotatable bonds is 2. The summed E-state index contributed by atoms with van der Waals surface area (Å²) in [4.78, 5) is 24.2. The normalized spacial score (nSPS) is 26.4. The van der Waals surface area contributed by atoms with Gasteiger partial charge in [0, 0.05) is 16.2 Å². The molecule has 3 heterocycles. The summed E-state index contributed by atoms with van der Waals surface area (Å²) in [6.07, 6.45) is 5.01. The zero-order valence-electron chi connectivity index (χ0n) is 14.2. The molecular weight excluding hydrogens is 306 g/mol. The predicted octanol–water partition coefficient (Wildman–Crippen LogP) is 4.25. The molecule has 1 fully saturated rings. The largest absolute Gasteiger partial charge is 0.357 e. The summed E-state index contributed by atoms with van der Waals surface area (Å²) in [7, 11) is 0. The third-order valence-electron chi connectivity index (χ3n) is 5.35. The number of allylic oxidation sites excluding steroid dienone is 1. The number of carbonyl (C=O) groups is 1. The number of ketones is 1. The molecule has 1 N–H and O–H groups in total. The number of Topliss-reactive ketones (excluding diaryl/α,β-unsaturated/α-hetero) is 1. The number of carbonyl (C=O) groups excluding carboxylic acids is 1. The fourth-order valence-corrected chi connectivity index (χ4v) is 5.48. The van der Waals surface area contributed by atoms with E-state index in [1.165, 1.54) is 36.3 Å². The number of aromatic nitrogens is 1. The highest BCUT2D eigenvalue weighted by molar-refractivity contribution is 8.17. The molecule has 0 saturated heterocycles. The molecule has 3 aliphatic rings. The zero-order valence-corrected chi connectivity index (χ0v) is 15.0. The molecule has 2 aliphatic heterocycles. The van der Waals surface area contributed by atoms with Gasteiger partial charge in [0.1, 0.15) is 0 Å². The lowest BCUT2D eigenvalue weighted by molar-refractivity contribution is 0.101. The van der Waals surface area contributed by atoms with E-state index in [9.17, 15) is 4.79 Å². The van der Waals surface area contributed by atoms with Gasteiger partial charge in [-0.1, -0.05) is 24.6 Å². The average Bonchev–Trinajstić information content (AvgIpc) is 3.08. The van der Waals surface area contributed by atoms with Crippen LogP contribution in [0.2, 0.25) is 0 Å². The second kappa shape index (κ2) is 5.26. The summed E-state index contributed by atoms with van der Waals surface area (Å²) in [5, 5.41) is 1.16. The maximum Gasteiger partial charge on any atom is 0.169 e. The molecule has 122 valence electrons. The quantitative estimate of drug-likeness (QED) is 0.825. The number of H-pyrrole nitrogens is 1. The molecule has 0 unspecified atom stereocenters. The molecule has 1 aromatic heterocycles. The Bertz CT molecular complexity index is 759. The van der Waals surface area contributed by atoms with Gasteiger partial charge >= 0.3 is 0 Å². The van der Waals surface area contributed by atoms with E-state index in [0.29, 0.717) is 12.1 Å². The minimum absolute atomic E-state index is 0.136. The molecule has 1 saturated carbocycles. The number of hydrogen-bond donors (Lipinski definition) is 1. The van der Waals surface area contributed by atoms with E-state index in [1.807, 2.05) is 6.92 Å². The number of aliphatic imine (C=N–C) groups is 1. The van der Waals surface area contributed by atoms with Gasteiger partial charge in [0.05, 0.1) is 23.5 Å². The third-order valence-corrected chi connectivity index (χ3v) is 6.34. The van der Waals surface area contributed by atoms with Crippen molar-refractivity contribution in [1.82, 2.24) is 9.88 Å². The number of hydrogen-bond acceptors (Lipinski definition) is 4. The van der Waals surface area contributed by atoms with Gasteiger partial charge in [0.25, 0.3) is 0 Å². The summed E-state index contributed by atoms with van der Waals surface area (Å²) in [6.45, 7) is 7.87. The molecule has 5 heteroatoms. The van der Waals surface area contributed by atoms with E-state index in [2.05, 4.69) is 23.7 Å². The molecular formula is C18H23N3OS. The number of nitrogens with one attached hydrogen (secondary N) is 1. The van der Waals surface area contributed by atoms with E-state index >= 15 is 0 Å². The van der Waals surface area contributed by atoms with Gasteiger partial charge in [-0.05, 0) is 46.1 Å². The van der Waals surface area contributed by atoms with Crippen molar-refractivity contribution < 1.29 is 4.79 Å². The van der Waals surface area contributed by atoms with Gasteiger partial charge < -0.3 is 9.88 Å². The van der Waals surface area contributed by atoms with Crippen LogP contribution < -0.4 is 0 Å². The maximum absolute atomic E-state index is 12.0. The van der Waals surface area contributed by atoms with Crippen LogP contribution in [-0.4, -0.2) is 32.9 Å². The Morgan fingerprint density at radius 1 is 1.26 bits per heavy atom. The van der Waals surface area contributed by atoms with Crippen LogP contribution in [0.25, 0.3) is 5.70 Å². The van der Waals surface area contributed by atoms with Gasteiger partial charge in [-0.2, -0.15) is 0 Å². The minimum atomic E-state index is 0.136. The lowest BCUT2D eigenvalue weighted by Crippen LogP contribution is -2.38. The Balaban J connectivity index is 1.80. The maximum atomic E-state index is 12.0. The van der Waals surface area contributed by atoms with Gasteiger partial charge in [0.2, 0.25) is 0 Å². The Morgan fingerprint density at radius 2 is 2.00 bits per heavy atom. The smallest absolute Gasteiger partial charge is 0.169 e. The lowest BCUT2D eigenvalue weighted by atomic mass is 9.90. The molecule has 4 nitrogen and oxygen atoms in total. The first kappa shape index (κ1) is 15.1. The van der Waals surface area contributed by atoms with Crippen LogP contribution in [0.15, 0.2) is 9.90 Å². The van der Waals surface area contributed by atoms with Crippen molar-refractivity contribution in [3.05, 3.63) is 27.4 Å². The number of fused-ring (bicyclic) bond motifs is 3. The molecule has 0 spiro atoms. The summed E-state index contributed by atoms with van der Waals surface area (Å²) < 4.78 is 0. The van der Waals surface area contributed by atoms with Crippen molar-refractivity contribution >= 4 is 28.4 Å². The Hall–Kier alpha value is -1.49. The number of aromatic amines is 1. The number of aryl methyl sites for hydroxylation is 1. The van der Waals surface area contributed by atoms with Gasteiger partial charge in [-0.25, -0.2) is 0 Å². The first-order valence-electron chi connectivity index (χ1n) is 8.45. The van der Waals surface area contributed by atoms with E-state index in [-0.39, 0.29) is 5.78 Å². The highest BCUT2D eigenvalue weighted by Crippen LogP contribution is 2.48. The van der Waals surface area contributed by atoms with Crippen LogP contribution >= 0.6 is 11.8 Å². The van der Waals surface area contributed by atoms with Crippen LogP contribution in [0.3, 0.4) is 0 Å². The number of amidine groups is 1. The van der Waals surface area contributed by atoms with Gasteiger partial charge in [-0.3, -0.25) is 9.79 Å². The first-order chi connectivity index (χ1) is 11.0. The van der Waals surface area contributed by atoms with Crippen molar-refractivity contribution in [2.24, 2.45) is 4.99 Å². The summed E-state index contributed by atoms with van der Waals surface area (Å²) in [5.74, 6) is 0.136. The van der Waals surface area contributed by atoms with E-state index in [0.717, 1.165) is 27.7 Å². The topological polar surface area (TPSA) is 48.5 Å². The van der Waals surface area contributed by atoms with Crippen LogP contribution in [-0.2, 0) is 0 Å². The Morgan fingerprint density at radius 3 is 2.70 bits per heavy atom. The first-order valence-corrected chi connectivity index (χ1v) is 9.27. The monoisotopic (exact) mass is 329 g/mol. The fraction of sp³-hybridized carbons (Fsp3) is 0.556. The van der Waals surface area contributed by atoms with Crippen LogP contribution in [0.1, 0.15) is 66.8 Å². The van der Waals surface area contributed by atoms with E-state index in [1.54, 1.807) is 18.7 Å². The molecule has 0 radical (unpaired) electrons. The summed E-state index contributed by atoms with van der Waals surface area (Å²) in [5.41, 5.74) is 5.24. The second-order valence-electron chi connectivity index (χ2n) is 6.89. The fourth-order valence-electron chi connectivity index (χ4n) is 4.39. The molecule has 0 amide bonds. The number of nitrogens with zero attached hydrogens (tertiary/aromatic N) is 2. The van der Waals surface area contributed by atoms with Crippen molar-refractivity contribution in [1.29, 1.82) is 0 Å². The highest BCUT2D eigenvalue weighted by atomic mass is 32.2. The van der Waals surface area contributed by atoms with E-state index in [4.69, 9.17) is 4.99 Å². The van der Waals surface area contributed by atoms with Crippen LogP contribution in [0.5, 0.6) is 0 Å². The average molecular weight is 329 g/mol. The molecule has 1 aliphatic carbocycles. The van der Waals surface area contributed by atoms with Crippen molar-refractivity contribution in [3.63, 3.8) is 0 Å². The Kier molecular flexibility index (Phi) is 3.45. The van der Waals surface area contributed by atoms with Crippen LogP contribution in [0, 0.1) is 13.8 Å². The minimum Gasteiger partial charge on any atom is -0.357 e. The van der Waals surface area contributed by atoms with Gasteiger partial charge in [0.15, 0.2) is 11.0 Å². The van der Waals surface area contributed by atoms with Crippen LogP contribution in [0.4, 0.5) is 0 Å². The van der Waals surface area contributed by atoms with E-state index < -0.39 is 0 Å². The van der Waals surface area contributed by atoms with Gasteiger partial charge in [-0.15, -0.1) is 0 Å². The van der Waals surface area contributed by atoms with Crippen molar-refractivity contribution in [2.45, 2.75) is 65.5 Å². The Labute approximate surface area is 141 Å². The molecule has 2 atom stereocenters. The summed E-state index contributed by atoms with van der Waals surface area (Å²) >= 11 is 1.79.